The highest BCUT2D eigenvalue weighted by Crippen LogP contribution is 2.07. The van der Waals surface area contributed by atoms with Crippen molar-refractivity contribution in [1.82, 2.24) is 0 Å². The van der Waals surface area contributed by atoms with Crippen LogP contribution in [0, 0.1) is 11.3 Å². The van der Waals surface area contributed by atoms with Gasteiger partial charge < -0.3 is 5.11 Å². The number of aryl methyl sites for hydroxylation is 1. The lowest BCUT2D eigenvalue weighted by atomic mass is 10.0. The van der Waals surface area contributed by atoms with E-state index in [4.69, 9.17) is 5.26 Å². The molecule has 14 heavy (non-hydrogen) atoms. The van der Waals surface area contributed by atoms with E-state index < -0.39 is 0 Å². The summed E-state index contributed by atoms with van der Waals surface area (Å²) in [4.78, 5) is 0. The van der Waals surface area contributed by atoms with Gasteiger partial charge in [0.25, 0.3) is 0 Å². The number of aliphatic hydroxyl groups excluding tert-OH is 1. The van der Waals surface area contributed by atoms with Crippen molar-refractivity contribution in [3.05, 3.63) is 35.9 Å². The number of hydrogen-bond donors (Lipinski definition) is 1. The first-order valence-corrected chi connectivity index (χ1v) is 4.92. The molecular formula is C12H15NO. The second-order valence-corrected chi connectivity index (χ2v) is 3.37. The SMILES string of the molecule is N#CCC[C@H](O)CCc1ccccc1. The third-order valence-corrected chi connectivity index (χ3v) is 2.20. The largest absolute Gasteiger partial charge is 0.393 e. The van der Waals surface area contributed by atoms with Crippen LogP contribution in [0.5, 0.6) is 0 Å². The van der Waals surface area contributed by atoms with Crippen molar-refractivity contribution in [1.29, 1.82) is 5.26 Å². The van der Waals surface area contributed by atoms with E-state index >= 15 is 0 Å². The zero-order chi connectivity index (χ0) is 10.2. The fourth-order valence-electron chi connectivity index (χ4n) is 1.35. The molecule has 0 fully saturated rings. The molecule has 0 aliphatic rings. The summed E-state index contributed by atoms with van der Waals surface area (Å²) < 4.78 is 0. The molecule has 0 saturated carbocycles. The van der Waals surface area contributed by atoms with Gasteiger partial charge in [0, 0.05) is 6.42 Å². The molecule has 0 unspecified atom stereocenters. The van der Waals surface area contributed by atoms with Gasteiger partial charge in [-0.15, -0.1) is 0 Å². The fourth-order valence-corrected chi connectivity index (χ4v) is 1.35. The highest BCUT2D eigenvalue weighted by Gasteiger charge is 2.03. The van der Waals surface area contributed by atoms with Crippen molar-refractivity contribution in [2.24, 2.45) is 0 Å². The minimum Gasteiger partial charge on any atom is -0.393 e. The molecular weight excluding hydrogens is 174 g/mol. The number of benzene rings is 1. The highest BCUT2D eigenvalue weighted by atomic mass is 16.3. The Bertz CT molecular complexity index is 289. The Morgan fingerprint density at radius 3 is 2.57 bits per heavy atom. The summed E-state index contributed by atoms with van der Waals surface area (Å²) in [5, 5.41) is 17.8. The summed E-state index contributed by atoms with van der Waals surface area (Å²) in [6.45, 7) is 0. The molecule has 0 bridgehead atoms. The third-order valence-electron chi connectivity index (χ3n) is 2.20. The Balaban J connectivity index is 2.24. The maximum atomic E-state index is 9.49. The van der Waals surface area contributed by atoms with Gasteiger partial charge in [-0.05, 0) is 24.8 Å². The summed E-state index contributed by atoms with van der Waals surface area (Å²) >= 11 is 0. The molecule has 1 atom stereocenters. The van der Waals surface area contributed by atoms with E-state index in [9.17, 15) is 5.11 Å². The summed E-state index contributed by atoms with van der Waals surface area (Å²) in [5.41, 5.74) is 1.24. The molecule has 1 N–H and O–H groups in total. The molecule has 1 aromatic rings. The highest BCUT2D eigenvalue weighted by molar-refractivity contribution is 5.14. The Labute approximate surface area is 84.8 Å². The van der Waals surface area contributed by atoms with Crippen molar-refractivity contribution in [3.63, 3.8) is 0 Å². The molecule has 0 saturated heterocycles. The fraction of sp³-hybridized carbons (Fsp3) is 0.417. The first kappa shape index (κ1) is 10.7. The van der Waals surface area contributed by atoms with Crippen molar-refractivity contribution >= 4 is 0 Å². The molecule has 0 amide bonds. The predicted octanol–water partition coefficient (Wildman–Crippen LogP) is 2.28. The zero-order valence-corrected chi connectivity index (χ0v) is 8.19. The van der Waals surface area contributed by atoms with Gasteiger partial charge in [0.1, 0.15) is 0 Å². The van der Waals surface area contributed by atoms with Crippen LogP contribution in [0.2, 0.25) is 0 Å². The molecule has 0 aliphatic carbocycles. The average Bonchev–Trinajstić information content (AvgIpc) is 2.25. The first-order valence-electron chi connectivity index (χ1n) is 4.92. The number of hydrogen-bond acceptors (Lipinski definition) is 2. The second kappa shape index (κ2) is 6.17. The van der Waals surface area contributed by atoms with E-state index in [1.165, 1.54) is 5.56 Å². The van der Waals surface area contributed by atoms with E-state index in [0.717, 1.165) is 12.8 Å². The van der Waals surface area contributed by atoms with E-state index in [1.807, 2.05) is 24.3 Å². The van der Waals surface area contributed by atoms with Gasteiger partial charge in [0.05, 0.1) is 12.2 Å². The van der Waals surface area contributed by atoms with E-state index in [0.29, 0.717) is 12.8 Å². The third kappa shape index (κ3) is 4.06. The Hall–Kier alpha value is -1.33. The van der Waals surface area contributed by atoms with Crippen LogP contribution in [0.1, 0.15) is 24.8 Å². The van der Waals surface area contributed by atoms with Crippen molar-refractivity contribution < 1.29 is 5.11 Å². The number of rotatable bonds is 5. The lowest BCUT2D eigenvalue weighted by Crippen LogP contribution is -2.07. The molecule has 0 spiro atoms. The van der Waals surface area contributed by atoms with Crippen molar-refractivity contribution in [3.8, 4) is 6.07 Å². The van der Waals surface area contributed by atoms with Crippen LogP contribution in [-0.2, 0) is 6.42 Å². The summed E-state index contributed by atoms with van der Waals surface area (Å²) in [6.07, 6.45) is 2.31. The van der Waals surface area contributed by atoms with Gasteiger partial charge in [-0.1, -0.05) is 30.3 Å². The van der Waals surface area contributed by atoms with Gasteiger partial charge in [-0.3, -0.25) is 0 Å². The Morgan fingerprint density at radius 2 is 1.93 bits per heavy atom. The minimum absolute atomic E-state index is 0.338. The number of aliphatic hydroxyl groups is 1. The predicted molar refractivity (Wildman–Crippen MR) is 55.6 cm³/mol. The van der Waals surface area contributed by atoms with Crippen LogP contribution in [0.25, 0.3) is 0 Å². The average molecular weight is 189 g/mol. The lowest BCUT2D eigenvalue weighted by molar-refractivity contribution is 0.156. The van der Waals surface area contributed by atoms with Gasteiger partial charge in [0.15, 0.2) is 0 Å². The zero-order valence-electron chi connectivity index (χ0n) is 8.19. The van der Waals surface area contributed by atoms with Crippen LogP contribution in [-0.4, -0.2) is 11.2 Å². The maximum Gasteiger partial charge on any atom is 0.0622 e. The normalized spacial score (nSPS) is 12.0. The molecule has 2 heteroatoms. The Morgan fingerprint density at radius 1 is 1.21 bits per heavy atom. The van der Waals surface area contributed by atoms with E-state index in [2.05, 4.69) is 12.1 Å². The smallest absolute Gasteiger partial charge is 0.0622 e. The molecule has 1 rings (SSSR count). The topological polar surface area (TPSA) is 44.0 Å². The summed E-state index contributed by atoms with van der Waals surface area (Å²) in [5.74, 6) is 0. The second-order valence-electron chi connectivity index (χ2n) is 3.37. The van der Waals surface area contributed by atoms with E-state index in [-0.39, 0.29) is 6.10 Å². The molecule has 74 valence electrons. The van der Waals surface area contributed by atoms with Crippen molar-refractivity contribution in [2.75, 3.05) is 0 Å². The summed E-state index contributed by atoms with van der Waals surface area (Å²) in [6, 6.07) is 12.1. The van der Waals surface area contributed by atoms with Crippen LogP contribution < -0.4 is 0 Å². The Kier molecular flexibility index (Phi) is 4.74. The molecule has 1 aromatic carbocycles. The van der Waals surface area contributed by atoms with E-state index in [1.54, 1.807) is 0 Å². The van der Waals surface area contributed by atoms with Gasteiger partial charge in [-0.2, -0.15) is 5.26 Å². The van der Waals surface area contributed by atoms with Crippen LogP contribution in [0.3, 0.4) is 0 Å². The van der Waals surface area contributed by atoms with Gasteiger partial charge >= 0.3 is 0 Å². The van der Waals surface area contributed by atoms with Gasteiger partial charge in [0.2, 0.25) is 0 Å². The minimum atomic E-state index is -0.338. The standard InChI is InChI=1S/C12H15NO/c13-10-4-7-12(14)9-8-11-5-2-1-3-6-11/h1-3,5-6,12,14H,4,7-9H2/t12-/m0/s1. The quantitative estimate of drug-likeness (QED) is 0.772. The number of nitriles is 1. The monoisotopic (exact) mass is 189 g/mol. The van der Waals surface area contributed by atoms with Crippen LogP contribution >= 0.6 is 0 Å². The molecule has 0 aromatic heterocycles. The molecule has 2 nitrogen and oxygen atoms in total. The number of nitrogens with zero attached hydrogens (tertiary/aromatic N) is 1. The van der Waals surface area contributed by atoms with Gasteiger partial charge in [-0.25, -0.2) is 0 Å². The molecule has 0 heterocycles. The lowest BCUT2D eigenvalue weighted by Gasteiger charge is -2.07. The summed E-state index contributed by atoms with van der Waals surface area (Å²) in [7, 11) is 0. The van der Waals surface area contributed by atoms with Crippen LogP contribution in [0.4, 0.5) is 0 Å². The van der Waals surface area contributed by atoms with Crippen molar-refractivity contribution in [2.45, 2.75) is 31.8 Å². The molecule has 0 aliphatic heterocycles. The maximum absolute atomic E-state index is 9.49. The molecule has 0 radical (unpaired) electrons. The first-order chi connectivity index (χ1) is 6.83. The van der Waals surface area contributed by atoms with Crippen LogP contribution in [0.15, 0.2) is 30.3 Å².